The zero-order valence-electron chi connectivity index (χ0n) is 16.5. The molecule has 0 saturated heterocycles. The van der Waals surface area contributed by atoms with Crippen LogP contribution in [0.5, 0.6) is 0 Å². The molecule has 0 atom stereocenters. The molecule has 30 heavy (non-hydrogen) atoms. The molecule has 0 bridgehead atoms. The fourth-order valence-corrected chi connectivity index (χ4v) is 5.61. The molecule has 0 amide bonds. The summed E-state index contributed by atoms with van der Waals surface area (Å²) < 4.78 is 27.0. The highest BCUT2D eigenvalue weighted by Crippen LogP contribution is 2.41. The molecule has 0 fully saturated rings. The number of benzene rings is 2. The van der Waals surface area contributed by atoms with Crippen molar-refractivity contribution >= 4 is 43.9 Å². The number of anilines is 1. The molecule has 0 unspecified atom stereocenters. The van der Waals surface area contributed by atoms with Crippen LogP contribution in [0.4, 0.5) is 5.82 Å². The first-order chi connectivity index (χ1) is 14.4. The summed E-state index contributed by atoms with van der Waals surface area (Å²) in [5.41, 5.74) is 0.819. The monoisotopic (exact) mass is 443 g/mol. The Morgan fingerprint density at radius 3 is 2.67 bits per heavy atom. The van der Waals surface area contributed by atoms with Crippen molar-refractivity contribution in [3.05, 3.63) is 58.6 Å². The molecule has 2 heterocycles. The zero-order chi connectivity index (χ0) is 21.3. The van der Waals surface area contributed by atoms with Crippen molar-refractivity contribution in [2.45, 2.75) is 29.6 Å². The van der Waals surface area contributed by atoms with Gasteiger partial charge in [0.1, 0.15) is 10.7 Å². The van der Waals surface area contributed by atoms with Gasteiger partial charge in [0, 0.05) is 22.5 Å². The van der Waals surface area contributed by atoms with Crippen LogP contribution < -0.4 is 10.6 Å². The second-order valence-corrected chi connectivity index (χ2v) is 9.48. The van der Waals surface area contributed by atoms with E-state index in [4.69, 9.17) is 11.6 Å². The van der Waals surface area contributed by atoms with Crippen LogP contribution in [0.25, 0.3) is 10.9 Å². The highest BCUT2D eigenvalue weighted by atomic mass is 35.5. The lowest BCUT2D eigenvalue weighted by Gasteiger charge is -2.23. The molecule has 6 nitrogen and oxygen atoms in total. The number of carbonyl (C=O) groups is 1. The molecule has 2 N–H and O–H groups in total. The number of fused-ring (bicyclic) bond motifs is 4. The van der Waals surface area contributed by atoms with Crippen molar-refractivity contribution in [3.8, 4) is 0 Å². The maximum Gasteiger partial charge on any atom is 0.211 e. The van der Waals surface area contributed by atoms with Gasteiger partial charge in [-0.2, -0.15) is 0 Å². The summed E-state index contributed by atoms with van der Waals surface area (Å²) in [7, 11) is -3.94. The number of carbonyl (C=O) groups excluding carboxylic acids is 1. The van der Waals surface area contributed by atoms with E-state index in [2.05, 4.69) is 22.5 Å². The van der Waals surface area contributed by atoms with Gasteiger partial charge in [-0.05, 0) is 50.2 Å². The lowest BCUT2D eigenvalue weighted by molar-refractivity contribution is 0.103. The van der Waals surface area contributed by atoms with Crippen LogP contribution in [0, 0.1) is 0 Å². The van der Waals surface area contributed by atoms with Crippen molar-refractivity contribution in [3.63, 3.8) is 0 Å². The topological polar surface area (TPSA) is 88.2 Å². The third-order valence-electron chi connectivity index (χ3n) is 5.07. The Morgan fingerprint density at radius 2 is 1.87 bits per heavy atom. The number of pyridine rings is 1. The fraction of sp³-hybridized carbons (Fsp3) is 0.273. The predicted octanol–water partition coefficient (Wildman–Crippen LogP) is 4.07. The summed E-state index contributed by atoms with van der Waals surface area (Å²) in [5.74, 6) is -0.142. The van der Waals surface area contributed by atoms with Gasteiger partial charge < -0.3 is 10.6 Å². The summed E-state index contributed by atoms with van der Waals surface area (Å²) in [6.07, 6.45) is 1.85. The van der Waals surface area contributed by atoms with Crippen LogP contribution in [0.2, 0.25) is 5.02 Å². The number of nitrogens with one attached hydrogen (secondary N) is 2. The average Bonchev–Trinajstić information content (AvgIpc) is 2.73. The number of aromatic nitrogens is 1. The van der Waals surface area contributed by atoms with Crippen LogP contribution in [0.3, 0.4) is 0 Å². The number of halogens is 1. The lowest BCUT2D eigenvalue weighted by atomic mass is 9.98. The van der Waals surface area contributed by atoms with Gasteiger partial charge in [-0.3, -0.25) is 4.79 Å². The Hall–Kier alpha value is -2.48. The quantitative estimate of drug-likeness (QED) is 0.418. The molecule has 4 rings (SSSR count). The van der Waals surface area contributed by atoms with Crippen LogP contribution in [-0.4, -0.2) is 38.8 Å². The smallest absolute Gasteiger partial charge is 0.211 e. The number of nitrogens with zero attached hydrogens (tertiary/aromatic N) is 1. The van der Waals surface area contributed by atoms with Gasteiger partial charge in [0.2, 0.25) is 9.84 Å². The van der Waals surface area contributed by atoms with E-state index in [1.54, 1.807) is 18.2 Å². The maximum absolute atomic E-state index is 13.5. The summed E-state index contributed by atoms with van der Waals surface area (Å²) in [4.78, 5) is 17.8. The van der Waals surface area contributed by atoms with Gasteiger partial charge in [0.15, 0.2) is 5.78 Å². The minimum Gasteiger partial charge on any atom is -0.369 e. The Bertz CT molecular complexity index is 1240. The number of ketones is 1. The molecule has 1 aliphatic rings. The highest BCUT2D eigenvalue weighted by Gasteiger charge is 2.39. The third-order valence-corrected chi connectivity index (χ3v) is 7.17. The predicted molar refractivity (Wildman–Crippen MR) is 118 cm³/mol. The first kappa shape index (κ1) is 20.8. The van der Waals surface area contributed by atoms with Crippen LogP contribution >= 0.6 is 11.6 Å². The molecule has 2 aromatic carbocycles. The molecule has 1 aromatic heterocycles. The number of rotatable bonds is 7. The molecule has 3 aromatic rings. The average molecular weight is 444 g/mol. The van der Waals surface area contributed by atoms with E-state index in [0.717, 1.165) is 25.9 Å². The minimum atomic E-state index is -3.94. The number of hydrogen-bond donors (Lipinski definition) is 2. The Morgan fingerprint density at radius 1 is 1.07 bits per heavy atom. The van der Waals surface area contributed by atoms with E-state index in [1.807, 2.05) is 6.07 Å². The molecular formula is C22H22ClN3O3S. The maximum atomic E-state index is 13.5. The summed E-state index contributed by atoms with van der Waals surface area (Å²) in [6, 6.07) is 11.4. The lowest BCUT2D eigenvalue weighted by Crippen LogP contribution is -2.24. The second kappa shape index (κ2) is 8.34. The van der Waals surface area contributed by atoms with Crippen molar-refractivity contribution in [1.29, 1.82) is 0 Å². The Kier molecular flexibility index (Phi) is 5.77. The van der Waals surface area contributed by atoms with Gasteiger partial charge >= 0.3 is 0 Å². The van der Waals surface area contributed by atoms with E-state index in [0.29, 0.717) is 22.5 Å². The molecule has 0 aliphatic carbocycles. The number of hydrogen-bond acceptors (Lipinski definition) is 6. The minimum absolute atomic E-state index is 0.0332. The van der Waals surface area contributed by atoms with Gasteiger partial charge in [-0.25, -0.2) is 13.4 Å². The van der Waals surface area contributed by atoms with Crippen LogP contribution in [-0.2, 0) is 9.84 Å². The van der Waals surface area contributed by atoms with Gasteiger partial charge in [0.05, 0.1) is 16.0 Å². The number of sulfone groups is 1. The molecule has 0 radical (unpaired) electrons. The number of para-hydroxylation sites is 1. The third kappa shape index (κ3) is 3.57. The first-order valence-corrected chi connectivity index (χ1v) is 11.8. The molecule has 8 heteroatoms. The largest absolute Gasteiger partial charge is 0.369 e. The van der Waals surface area contributed by atoms with Crippen LogP contribution in [0.15, 0.2) is 52.3 Å². The van der Waals surface area contributed by atoms with E-state index >= 15 is 0 Å². The second-order valence-electron chi connectivity index (χ2n) is 7.19. The van der Waals surface area contributed by atoms with Gasteiger partial charge in [0.25, 0.3) is 0 Å². The molecule has 0 saturated carbocycles. The summed E-state index contributed by atoms with van der Waals surface area (Å²) in [5, 5.41) is 7.29. The van der Waals surface area contributed by atoms with Gasteiger partial charge in [-0.1, -0.05) is 36.7 Å². The van der Waals surface area contributed by atoms with E-state index in [9.17, 15) is 13.2 Å². The van der Waals surface area contributed by atoms with E-state index in [1.165, 1.54) is 18.2 Å². The molecular weight excluding hydrogens is 422 g/mol. The Labute approximate surface area is 180 Å². The summed E-state index contributed by atoms with van der Waals surface area (Å²) >= 11 is 6.05. The SMILES string of the molecule is CCCNCCCNc1nc2ccccc2c2c1S(=O)(=O)c1ccc(Cl)cc1C2=O. The fourth-order valence-electron chi connectivity index (χ4n) is 3.68. The van der Waals surface area contributed by atoms with Gasteiger partial charge in [-0.15, -0.1) is 0 Å². The normalized spacial score (nSPS) is 14.4. The van der Waals surface area contributed by atoms with Crippen molar-refractivity contribution in [2.24, 2.45) is 0 Å². The Balaban J connectivity index is 1.84. The first-order valence-electron chi connectivity index (χ1n) is 9.92. The van der Waals surface area contributed by atoms with Crippen LogP contribution in [0.1, 0.15) is 35.7 Å². The van der Waals surface area contributed by atoms with E-state index in [-0.39, 0.29) is 32.5 Å². The van der Waals surface area contributed by atoms with Crippen molar-refractivity contribution in [1.82, 2.24) is 10.3 Å². The van der Waals surface area contributed by atoms with Crippen molar-refractivity contribution in [2.75, 3.05) is 25.0 Å². The van der Waals surface area contributed by atoms with Crippen molar-refractivity contribution < 1.29 is 13.2 Å². The summed E-state index contributed by atoms with van der Waals surface area (Å²) in [6.45, 7) is 4.38. The standard InChI is InChI=1S/C22H22ClN3O3S/c1-2-10-24-11-5-12-25-22-21-19(15-6-3-4-7-17(15)26-22)20(27)16-13-14(23)8-9-18(16)30(21,28)29/h3-4,6-9,13,24H,2,5,10-12H2,1H3,(H,25,26). The van der Waals surface area contributed by atoms with E-state index < -0.39 is 9.84 Å². The zero-order valence-corrected chi connectivity index (χ0v) is 18.1. The molecule has 1 aliphatic heterocycles. The molecule has 0 spiro atoms. The molecule has 156 valence electrons. The highest BCUT2D eigenvalue weighted by molar-refractivity contribution is 7.92.